The normalized spacial score (nSPS) is 11.8. The second kappa shape index (κ2) is 6.78. The van der Waals surface area contributed by atoms with Crippen LogP contribution in [0.2, 0.25) is 0 Å². The van der Waals surface area contributed by atoms with E-state index in [1.54, 1.807) is 18.2 Å². The first kappa shape index (κ1) is 17.9. The van der Waals surface area contributed by atoms with E-state index in [2.05, 4.69) is 10.3 Å². The van der Waals surface area contributed by atoms with Crippen molar-refractivity contribution < 1.29 is 18.0 Å². The second-order valence-corrected chi connectivity index (χ2v) is 6.30. The number of amides is 1. The Morgan fingerprint density at radius 1 is 1.08 bits per heavy atom. The number of aromatic nitrogens is 1. The fourth-order valence-electron chi connectivity index (χ4n) is 2.70. The fraction of sp³-hybridized carbons (Fsp3) is 0.200. The number of fused-ring (bicyclic) bond motifs is 1. The molecule has 3 rings (SSSR count). The molecule has 0 atom stereocenters. The summed E-state index contributed by atoms with van der Waals surface area (Å²) in [7, 11) is 0. The smallest absolute Gasteiger partial charge is 0.350 e. The van der Waals surface area contributed by atoms with E-state index < -0.39 is 11.7 Å². The first-order valence-corrected chi connectivity index (χ1v) is 8.13. The summed E-state index contributed by atoms with van der Waals surface area (Å²) < 4.78 is 38.2. The van der Waals surface area contributed by atoms with Gasteiger partial charge in [0.15, 0.2) is 0 Å². The first-order valence-electron chi connectivity index (χ1n) is 8.13. The molecule has 3 aromatic rings. The van der Waals surface area contributed by atoms with E-state index in [9.17, 15) is 18.0 Å². The molecular weight excluding hydrogens is 341 g/mol. The second-order valence-electron chi connectivity index (χ2n) is 6.30. The Labute approximate surface area is 148 Å². The zero-order valence-electron chi connectivity index (χ0n) is 14.3. The van der Waals surface area contributed by atoms with Gasteiger partial charge in [-0.15, -0.1) is 0 Å². The maximum atomic E-state index is 12.7. The van der Waals surface area contributed by atoms with E-state index in [4.69, 9.17) is 0 Å². The summed E-state index contributed by atoms with van der Waals surface area (Å²) in [5, 5.41) is 3.55. The number of hydrogen-bond donors (Lipinski definition) is 1. The summed E-state index contributed by atoms with van der Waals surface area (Å²) in [5.74, 6) is -0.214. The third kappa shape index (κ3) is 3.69. The van der Waals surface area contributed by atoms with E-state index in [1.807, 2.05) is 19.9 Å². The summed E-state index contributed by atoms with van der Waals surface area (Å²) in [4.78, 5) is 16.5. The summed E-state index contributed by atoms with van der Waals surface area (Å²) in [6, 6.07) is 12.1. The number of carbonyl (C=O) groups is 1. The van der Waals surface area contributed by atoms with Crippen molar-refractivity contribution in [3.05, 3.63) is 65.9 Å². The van der Waals surface area contributed by atoms with Crippen molar-refractivity contribution in [2.75, 3.05) is 0 Å². The van der Waals surface area contributed by atoms with Crippen LogP contribution in [0.25, 0.3) is 22.0 Å². The van der Waals surface area contributed by atoms with Crippen LogP contribution in [-0.2, 0) is 6.18 Å². The number of para-hydroxylation sites is 1. The Morgan fingerprint density at radius 3 is 2.38 bits per heavy atom. The lowest BCUT2D eigenvalue weighted by Gasteiger charge is -2.11. The predicted octanol–water partition coefficient (Wildman–Crippen LogP) is 5.06. The van der Waals surface area contributed by atoms with Gasteiger partial charge in [0, 0.05) is 23.2 Å². The molecule has 0 fully saturated rings. The maximum Gasteiger partial charge on any atom is 0.416 e. The molecule has 6 heteroatoms. The summed E-state index contributed by atoms with van der Waals surface area (Å²) in [6.45, 7) is 3.74. The molecule has 0 aliphatic rings. The Kier molecular flexibility index (Phi) is 4.68. The van der Waals surface area contributed by atoms with Crippen LogP contribution in [0.15, 0.2) is 54.7 Å². The fourth-order valence-corrected chi connectivity index (χ4v) is 2.70. The number of rotatable bonds is 3. The highest BCUT2D eigenvalue weighted by molar-refractivity contribution is 6.00. The zero-order chi connectivity index (χ0) is 18.9. The van der Waals surface area contributed by atoms with Gasteiger partial charge in [0.2, 0.25) is 0 Å². The van der Waals surface area contributed by atoms with Crippen LogP contribution < -0.4 is 5.32 Å². The molecule has 0 radical (unpaired) electrons. The highest BCUT2D eigenvalue weighted by atomic mass is 19.4. The SMILES string of the molecule is CC(C)NC(=O)c1cnc2c(-c3ccc(C(F)(F)F)cc3)cccc2c1. The van der Waals surface area contributed by atoms with Gasteiger partial charge in [-0.1, -0.05) is 30.3 Å². The Balaban J connectivity index is 2.01. The lowest BCUT2D eigenvalue weighted by atomic mass is 10.00. The predicted molar refractivity (Wildman–Crippen MR) is 94.8 cm³/mol. The van der Waals surface area contributed by atoms with Crippen LogP contribution >= 0.6 is 0 Å². The van der Waals surface area contributed by atoms with Crippen LogP contribution in [-0.4, -0.2) is 16.9 Å². The molecule has 1 aromatic heterocycles. The van der Waals surface area contributed by atoms with E-state index in [-0.39, 0.29) is 11.9 Å². The van der Waals surface area contributed by atoms with Gasteiger partial charge in [-0.3, -0.25) is 9.78 Å². The molecular formula is C20H17F3N2O. The van der Waals surface area contributed by atoms with Crippen molar-refractivity contribution in [1.29, 1.82) is 0 Å². The topological polar surface area (TPSA) is 42.0 Å². The van der Waals surface area contributed by atoms with Crippen LogP contribution in [0, 0.1) is 0 Å². The largest absolute Gasteiger partial charge is 0.416 e. The average molecular weight is 358 g/mol. The summed E-state index contributed by atoms with van der Waals surface area (Å²) in [5.41, 5.74) is 1.73. The standard InChI is InChI=1S/C20H17F3N2O/c1-12(2)25-19(26)15-10-14-4-3-5-17(18(14)24-11-15)13-6-8-16(9-7-13)20(21,22)23/h3-12H,1-2H3,(H,25,26). The van der Waals surface area contributed by atoms with Crippen molar-refractivity contribution in [2.24, 2.45) is 0 Å². The lowest BCUT2D eigenvalue weighted by Crippen LogP contribution is -2.30. The van der Waals surface area contributed by atoms with E-state index in [0.717, 1.165) is 17.5 Å². The molecule has 26 heavy (non-hydrogen) atoms. The quantitative estimate of drug-likeness (QED) is 0.711. The molecule has 2 aromatic carbocycles. The van der Waals surface area contributed by atoms with Crippen molar-refractivity contribution in [2.45, 2.75) is 26.1 Å². The minimum Gasteiger partial charge on any atom is -0.350 e. The summed E-state index contributed by atoms with van der Waals surface area (Å²) >= 11 is 0. The van der Waals surface area contributed by atoms with Crippen LogP contribution in [0.4, 0.5) is 13.2 Å². The molecule has 134 valence electrons. The number of pyridine rings is 1. The molecule has 0 saturated carbocycles. The van der Waals surface area contributed by atoms with Gasteiger partial charge in [0.25, 0.3) is 5.91 Å². The zero-order valence-corrected chi connectivity index (χ0v) is 14.3. The van der Waals surface area contributed by atoms with Gasteiger partial charge in [0.1, 0.15) is 0 Å². The first-order chi connectivity index (χ1) is 12.3. The van der Waals surface area contributed by atoms with Crippen molar-refractivity contribution in [3.63, 3.8) is 0 Å². The van der Waals surface area contributed by atoms with Crippen molar-refractivity contribution in [1.82, 2.24) is 10.3 Å². The number of carbonyl (C=O) groups excluding carboxylic acids is 1. The molecule has 1 N–H and O–H groups in total. The molecule has 0 bridgehead atoms. The van der Waals surface area contributed by atoms with Crippen molar-refractivity contribution in [3.8, 4) is 11.1 Å². The molecule has 0 unspecified atom stereocenters. The number of halogens is 3. The highest BCUT2D eigenvalue weighted by Gasteiger charge is 2.30. The molecule has 1 heterocycles. The Morgan fingerprint density at radius 2 is 1.77 bits per heavy atom. The minimum absolute atomic E-state index is 0.0108. The third-order valence-electron chi connectivity index (χ3n) is 3.92. The van der Waals surface area contributed by atoms with E-state index in [0.29, 0.717) is 22.2 Å². The van der Waals surface area contributed by atoms with Gasteiger partial charge in [-0.05, 0) is 37.6 Å². The van der Waals surface area contributed by atoms with Gasteiger partial charge < -0.3 is 5.32 Å². The third-order valence-corrected chi connectivity index (χ3v) is 3.92. The van der Waals surface area contributed by atoms with Crippen LogP contribution in [0.3, 0.4) is 0 Å². The van der Waals surface area contributed by atoms with Gasteiger partial charge >= 0.3 is 6.18 Å². The molecule has 0 saturated heterocycles. The Bertz CT molecular complexity index is 947. The monoisotopic (exact) mass is 358 g/mol. The van der Waals surface area contributed by atoms with E-state index >= 15 is 0 Å². The Hall–Kier alpha value is -2.89. The van der Waals surface area contributed by atoms with Gasteiger partial charge in [-0.25, -0.2) is 0 Å². The minimum atomic E-state index is -4.37. The molecule has 0 aliphatic heterocycles. The number of nitrogens with one attached hydrogen (secondary N) is 1. The lowest BCUT2D eigenvalue weighted by molar-refractivity contribution is -0.137. The number of alkyl halides is 3. The van der Waals surface area contributed by atoms with Gasteiger partial charge in [0.05, 0.1) is 16.6 Å². The molecule has 0 aliphatic carbocycles. The number of hydrogen-bond acceptors (Lipinski definition) is 2. The van der Waals surface area contributed by atoms with Crippen LogP contribution in [0.5, 0.6) is 0 Å². The maximum absolute atomic E-state index is 12.7. The molecule has 0 spiro atoms. The number of benzene rings is 2. The number of nitrogens with zero attached hydrogens (tertiary/aromatic N) is 1. The highest BCUT2D eigenvalue weighted by Crippen LogP contribution is 2.32. The molecule has 3 nitrogen and oxygen atoms in total. The average Bonchev–Trinajstić information content (AvgIpc) is 2.59. The van der Waals surface area contributed by atoms with Gasteiger partial charge in [-0.2, -0.15) is 13.2 Å². The molecule has 1 amide bonds. The van der Waals surface area contributed by atoms with Crippen molar-refractivity contribution >= 4 is 16.8 Å². The van der Waals surface area contributed by atoms with Crippen LogP contribution in [0.1, 0.15) is 29.8 Å². The van der Waals surface area contributed by atoms with E-state index in [1.165, 1.54) is 18.3 Å². The summed E-state index contributed by atoms with van der Waals surface area (Å²) in [6.07, 6.45) is -2.89.